The zero-order valence-corrected chi connectivity index (χ0v) is 11.8. The summed E-state index contributed by atoms with van der Waals surface area (Å²) in [4.78, 5) is 2.46. The summed E-state index contributed by atoms with van der Waals surface area (Å²) >= 11 is 0. The molecule has 1 saturated heterocycles. The topological polar surface area (TPSA) is 27.0 Å². The van der Waals surface area contributed by atoms with Crippen LogP contribution in [-0.4, -0.2) is 12.1 Å². The first-order valence-electron chi connectivity index (χ1n) is 6.68. The monoisotopic (exact) mass is 242 g/mol. The minimum absolute atomic E-state index is 0.0683. The number of benzene rings is 1. The fraction of sp³-hybridized carbons (Fsp3) is 0.562. The summed E-state index contributed by atoms with van der Waals surface area (Å²) in [5.41, 5.74) is 3.99. The van der Waals surface area contributed by atoms with Crippen molar-refractivity contribution in [3.63, 3.8) is 0 Å². The molecule has 0 N–H and O–H groups in total. The fourth-order valence-corrected chi connectivity index (χ4v) is 3.10. The maximum absolute atomic E-state index is 9.10. The van der Waals surface area contributed by atoms with Gasteiger partial charge in [-0.05, 0) is 63.8 Å². The van der Waals surface area contributed by atoms with E-state index in [2.05, 4.69) is 56.9 Å². The van der Waals surface area contributed by atoms with Crippen LogP contribution in [-0.2, 0) is 0 Å². The summed E-state index contributed by atoms with van der Waals surface area (Å²) in [6, 6.07) is 9.14. The zero-order chi connectivity index (χ0) is 13.3. The van der Waals surface area contributed by atoms with E-state index in [4.69, 9.17) is 5.26 Å². The lowest BCUT2D eigenvalue weighted by Crippen LogP contribution is -2.50. The first kappa shape index (κ1) is 13.0. The maximum atomic E-state index is 9.10. The molecule has 1 fully saturated rings. The molecule has 18 heavy (non-hydrogen) atoms. The number of aryl methyl sites for hydroxylation is 2. The van der Waals surface area contributed by atoms with E-state index < -0.39 is 0 Å². The van der Waals surface area contributed by atoms with Crippen LogP contribution in [0.15, 0.2) is 18.2 Å². The molecule has 96 valence electrons. The Kier molecular flexibility index (Phi) is 3.34. The molecule has 1 unspecified atom stereocenters. The van der Waals surface area contributed by atoms with Crippen molar-refractivity contribution in [3.05, 3.63) is 29.3 Å². The number of rotatable bonds is 1. The van der Waals surface area contributed by atoms with E-state index >= 15 is 0 Å². The highest BCUT2D eigenvalue weighted by Crippen LogP contribution is 2.35. The molecule has 1 aliphatic rings. The summed E-state index contributed by atoms with van der Waals surface area (Å²) in [6.45, 7) is 9.76. The highest BCUT2D eigenvalue weighted by Gasteiger charge is 2.34. The molecule has 0 aliphatic carbocycles. The van der Waals surface area contributed by atoms with Gasteiger partial charge in [-0.15, -0.1) is 0 Å². The molecule has 0 bridgehead atoms. The van der Waals surface area contributed by atoms with Crippen LogP contribution in [0.25, 0.3) is 0 Å². The third kappa shape index (κ3) is 2.51. The lowest BCUT2D eigenvalue weighted by atomic mass is 9.83. The van der Waals surface area contributed by atoms with Gasteiger partial charge < -0.3 is 4.90 Å². The number of piperidine rings is 1. The van der Waals surface area contributed by atoms with Gasteiger partial charge in [-0.3, -0.25) is 0 Å². The molecular weight excluding hydrogens is 220 g/mol. The summed E-state index contributed by atoms with van der Waals surface area (Å²) in [5, 5.41) is 9.10. The molecule has 0 aromatic heterocycles. The standard InChI is InChI=1S/C16H22N2/c1-12-7-13(2)9-15(8-12)18-6-5-14(11-17)10-16(18,3)4/h7-9,14H,5-6,10H2,1-4H3. The molecule has 2 nitrogen and oxygen atoms in total. The molecule has 2 heteroatoms. The van der Waals surface area contributed by atoms with Crippen molar-refractivity contribution in [2.75, 3.05) is 11.4 Å². The van der Waals surface area contributed by atoms with E-state index in [-0.39, 0.29) is 11.5 Å². The molecular formula is C16H22N2. The lowest BCUT2D eigenvalue weighted by Gasteiger charge is -2.46. The van der Waals surface area contributed by atoms with Crippen LogP contribution >= 0.6 is 0 Å². The fourth-order valence-electron chi connectivity index (χ4n) is 3.10. The van der Waals surface area contributed by atoms with Gasteiger partial charge in [0.25, 0.3) is 0 Å². The van der Waals surface area contributed by atoms with Gasteiger partial charge in [-0.1, -0.05) is 6.07 Å². The second-order valence-electron chi connectivity index (χ2n) is 6.13. The van der Waals surface area contributed by atoms with Crippen LogP contribution in [0.1, 0.15) is 37.8 Å². The second kappa shape index (κ2) is 4.65. The summed E-state index contributed by atoms with van der Waals surface area (Å²) in [5.74, 6) is 0.210. The largest absolute Gasteiger partial charge is 0.366 e. The summed E-state index contributed by atoms with van der Waals surface area (Å²) < 4.78 is 0. The molecule has 0 radical (unpaired) electrons. The highest BCUT2D eigenvalue weighted by molar-refractivity contribution is 5.53. The van der Waals surface area contributed by atoms with Crippen molar-refractivity contribution in [1.82, 2.24) is 0 Å². The normalized spacial score (nSPS) is 22.6. The van der Waals surface area contributed by atoms with Crippen molar-refractivity contribution in [1.29, 1.82) is 5.26 Å². The third-order valence-corrected chi connectivity index (χ3v) is 3.88. The van der Waals surface area contributed by atoms with Crippen LogP contribution < -0.4 is 4.90 Å². The van der Waals surface area contributed by atoms with Gasteiger partial charge in [0.2, 0.25) is 0 Å². The molecule has 1 heterocycles. The Bertz CT molecular complexity index is 462. The van der Waals surface area contributed by atoms with Crippen molar-refractivity contribution < 1.29 is 0 Å². The van der Waals surface area contributed by atoms with E-state index in [1.165, 1.54) is 16.8 Å². The predicted octanol–water partition coefficient (Wildman–Crippen LogP) is 3.82. The van der Waals surface area contributed by atoms with E-state index in [1.54, 1.807) is 0 Å². The maximum Gasteiger partial charge on any atom is 0.0657 e. The van der Waals surface area contributed by atoms with Gasteiger partial charge in [0, 0.05) is 17.8 Å². The molecule has 1 aliphatic heterocycles. The minimum Gasteiger partial charge on any atom is -0.366 e. The van der Waals surface area contributed by atoms with Gasteiger partial charge in [0.05, 0.1) is 12.0 Å². The van der Waals surface area contributed by atoms with Crippen molar-refractivity contribution in [2.45, 2.75) is 46.1 Å². The van der Waals surface area contributed by atoms with Gasteiger partial charge in [0.1, 0.15) is 0 Å². The number of nitrogens with zero attached hydrogens (tertiary/aromatic N) is 2. The second-order valence-corrected chi connectivity index (χ2v) is 6.13. The molecule has 2 rings (SSSR count). The molecule has 0 saturated carbocycles. The molecule has 0 spiro atoms. The van der Waals surface area contributed by atoms with E-state index in [0.29, 0.717) is 0 Å². The average molecular weight is 242 g/mol. The first-order chi connectivity index (χ1) is 8.42. The van der Waals surface area contributed by atoms with Crippen LogP contribution in [0.3, 0.4) is 0 Å². The minimum atomic E-state index is 0.0683. The first-order valence-corrected chi connectivity index (χ1v) is 6.68. The van der Waals surface area contributed by atoms with Crippen LogP contribution in [0.5, 0.6) is 0 Å². The third-order valence-electron chi connectivity index (χ3n) is 3.88. The lowest BCUT2D eigenvalue weighted by molar-refractivity contribution is 0.315. The quantitative estimate of drug-likeness (QED) is 0.748. The number of nitriles is 1. The Morgan fingerprint density at radius 2 is 1.83 bits per heavy atom. The van der Waals surface area contributed by atoms with E-state index in [9.17, 15) is 0 Å². The predicted molar refractivity (Wildman–Crippen MR) is 75.7 cm³/mol. The average Bonchev–Trinajstić information content (AvgIpc) is 2.26. The Labute approximate surface area is 110 Å². The molecule has 1 atom stereocenters. The number of hydrogen-bond acceptors (Lipinski definition) is 2. The zero-order valence-electron chi connectivity index (χ0n) is 11.8. The van der Waals surface area contributed by atoms with Gasteiger partial charge in [-0.2, -0.15) is 5.26 Å². The highest BCUT2D eigenvalue weighted by atomic mass is 15.2. The van der Waals surface area contributed by atoms with Gasteiger partial charge >= 0.3 is 0 Å². The number of anilines is 1. The van der Waals surface area contributed by atoms with E-state index in [0.717, 1.165) is 19.4 Å². The van der Waals surface area contributed by atoms with Crippen LogP contribution in [0.4, 0.5) is 5.69 Å². The van der Waals surface area contributed by atoms with E-state index in [1.807, 2.05) is 0 Å². The Balaban J connectivity index is 2.31. The Morgan fingerprint density at radius 3 is 2.33 bits per heavy atom. The van der Waals surface area contributed by atoms with Crippen LogP contribution in [0, 0.1) is 31.1 Å². The molecule has 1 aromatic carbocycles. The number of hydrogen-bond donors (Lipinski definition) is 0. The van der Waals surface area contributed by atoms with Crippen LogP contribution in [0.2, 0.25) is 0 Å². The molecule has 1 aromatic rings. The summed E-state index contributed by atoms with van der Waals surface area (Å²) in [6.07, 6.45) is 1.93. The Morgan fingerprint density at radius 1 is 1.22 bits per heavy atom. The van der Waals surface area contributed by atoms with Crippen molar-refractivity contribution in [2.24, 2.45) is 5.92 Å². The van der Waals surface area contributed by atoms with Gasteiger partial charge in [-0.25, -0.2) is 0 Å². The van der Waals surface area contributed by atoms with Crippen molar-refractivity contribution in [3.8, 4) is 6.07 Å². The van der Waals surface area contributed by atoms with Gasteiger partial charge in [0.15, 0.2) is 0 Å². The smallest absolute Gasteiger partial charge is 0.0657 e. The van der Waals surface area contributed by atoms with Crippen molar-refractivity contribution >= 4 is 5.69 Å². The molecule has 0 amide bonds. The summed E-state index contributed by atoms with van der Waals surface area (Å²) in [7, 11) is 0. The SMILES string of the molecule is Cc1cc(C)cc(N2CCC(C#N)CC2(C)C)c1. The Hall–Kier alpha value is -1.49.